The van der Waals surface area contributed by atoms with Gasteiger partial charge in [0.05, 0.1) is 28.5 Å². The summed E-state index contributed by atoms with van der Waals surface area (Å²) in [5.41, 5.74) is 5.96. The molecule has 5 aromatic rings. The number of imidazole rings is 1. The lowest BCUT2D eigenvalue weighted by Crippen LogP contribution is -2.03. The number of aryl methyl sites for hydroxylation is 2. The molecular formula is C17H15N9. The van der Waals surface area contributed by atoms with Crippen LogP contribution in [0.5, 0.6) is 0 Å². The van der Waals surface area contributed by atoms with Crippen LogP contribution in [-0.2, 0) is 14.1 Å². The Balaban J connectivity index is 1.86. The Bertz CT molecular complexity index is 1210. The van der Waals surface area contributed by atoms with Crippen molar-refractivity contribution < 1.29 is 0 Å². The van der Waals surface area contributed by atoms with Gasteiger partial charge in [0.2, 0.25) is 0 Å². The second kappa shape index (κ2) is 5.38. The van der Waals surface area contributed by atoms with Gasteiger partial charge in [0.15, 0.2) is 5.65 Å². The lowest BCUT2D eigenvalue weighted by Gasteiger charge is -2.10. The monoisotopic (exact) mass is 345 g/mol. The number of fused-ring (bicyclic) bond motifs is 1. The number of aromatic amines is 1. The molecule has 0 radical (unpaired) electrons. The molecule has 0 aliphatic carbocycles. The van der Waals surface area contributed by atoms with Crippen molar-refractivity contribution in [2.75, 3.05) is 0 Å². The fourth-order valence-corrected chi connectivity index (χ4v) is 3.13. The number of H-pyrrole nitrogens is 1. The Hall–Kier alpha value is -3.75. The van der Waals surface area contributed by atoms with Crippen molar-refractivity contribution in [3.63, 3.8) is 0 Å². The van der Waals surface area contributed by atoms with Crippen LogP contribution in [0.15, 0.2) is 49.2 Å². The standard InChI is InChI=1S/C17H15N9/c1-24-13(4-7-20-24)12-9-15(14-5-8-21-25(14)2)26-10-18-16(17(26)22-12)11-3-6-19-23-11/h3-10H,1-2H3,(H,19,23). The first kappa shape index (κ1) is 14.6. The first-order chi connectivity index (χ1) is 12.7. The Morgan fingerprint density at radius 1 is 0.885 bits per heavy atom. The maximum atomic E-state index is 4.86. The molecule has 0 unspecified atom stereocenters. The molecule has 0 spiro atoms. The van der Waals surface area contributed by atoms with E-state index in [1.54, 1.807) is 29.6 Å². The van der Waals surface area contributed by atoms with Crippen LogP contribution in [0.2, 0.25) is 0 Å². The minimum Gasteiger partial charge on any atom is -0.281 e. The van der Waals surface area contributed by atoms with E-state index in [1.165, 1.54) is 0 Å². The van der Waals surface area contributed by atoms with Crippen LogP contribution in [0.25, 0.3) is 39.8 Å². The van der Waals surface area contributed by atoms with E-state index in [-0.39, 0.29) is 0 Å². The van der Waals surface area contributed by atoms with E-state index in [9.17, 15) is 0 Å². The molecule has 0 saturated heterocycles. The molecule has 0 saturated carbocycles. The molecule has 26 heavy (non-hydrogen) atoms. The highest BCUT2D eigenvalue weighted by Gasteiger charge is 2.18. The van der Waals surface area contributed by atoms with Crippen molar-refractivity contribution in [3.8, 4) is 34.2 Å². The van der Waals surface area contributed by atoms with Crippen molar-refractivity contribution in [3.05, 3.63) is 49.2 Å². The van der Waals surface area contributed by atoms with E-state index in [2.05, 4.69) is 25.4 Å². The van der Waals surface area contributed by atoms with Gasteiger partial charge in [-0.3, -0.25) is 18.9 Å². The van der Waals surface area contributed by atoms with Crippen molar-refractivity contribution in [2.24, 2.45) is 14.1 Å². The van der Waals surface area contributed by atoms with E-state index in [4.69, 9.17) is 4.98 Å². The van der Waals surface area contributed by atoms with E-state index in [1.807, 2.05) is 47.4 Å². The predicted molar refractivity (Wildman–Crippen MR) is 95.0 cm³/mol. The zero-order chi connectivity index (χ0) is 17.7. The second-order valence-electron chi connectivity index (χ2n) is 5.96. The van der Waals surface area contributed by atoms with E-state index in [0.717, 1.165) is 39.8 Å². The Morgan fingerprint density at radius 2 is 1.65 bits per heavy atom. The molecule has 0 aromatic carbocycles. The Kier molecular flexibility index (Phi) is 3.02. The van der Waals surface area contributed by atoms with Crippen LogP contribution < -0.4 is 0 Å². The van der Waals surface area contributed by atoms with E-state index < -0.39 is 0 Å². The Labute approximate surface area is 148 Å². The maximum absolute atomic E-state index is 4.86. The van der Waals surface area contributed by atoms with Gasteiger partial charge in [-0.1, -0.05) is 0 Å². The van der Waals surface area contributed by atoms with E-state index in [0.29, 0.717) is 0 Å². The van der Waals surface area contributed by atoms with Crippen LogP contribution >= 0.6 is 0 Å². The number of nitrogens with one attached hydrogen (secondary N) is 1. The largest absolute Gasteiger partial charge is 0.281 e. The SMILES string of the molecule is Cn1nccc1-c1cc(-c2ccnn2C)n2cnc(-c3ccn[nH]3)c2n1. The summed E-state index contributed by atoms with van der Waals surface area (Å²) in [6.45, 7) is 0. The third kappa shape index (κ3) is 2.07. The molecule has 5 rings (SSSR count). The summed E-state index contributed by atoms with van der Waals surface area (Å²) in [6.07, 6.45) is 7.01. The lowest BCUT2D eigenvalue weighted by molar-refractivity contribution is 0.768. The quantitative estimate of drug-likeness (QED) is 0.539. The average molecular weight is 345 g/mol. The molecule has 0 amide bonds. The van der Waals surface area contributed by atoms with E-state index >= 15 is 0 Å². The molecular weight excluding hydrogens is 330 g/mol. The van der Waals surface area contributed by atoms with Gasteiger partial charge in [0.25, 0.3) is 0 Å². The van der Waals surface area contributed by atoms with Gasteiger partial charge < -0.3 is 0 Å². The van der Waals surface area contributed by atoms with Crippen molar-refractivity contribution in [1.29, 1.82) is 0 Å². The molecule has 9 heteroatoms. The molecule has 0 bridgehead atoms. The van der Waals surface area contributed by atoms with Crippen LogP contribution in [0.3, 0.4) is 0 Å². The molecule has 9 nitrogen and oxygen atoms in total. The normalized spacial score (nSPS) is 11.5. The maximum Gasteiger partial charge on any atom is 0.167 e. The average Bonchev–Trinajstić information content (AvgIpc) is 3.40. The molecule has 5 aromatic heterocycles. The second-order valence-corrected chi connectivity index (χ2v) is 5.96. The molecule has 0 aliphatic rings. The number of nitrogens with zero attached hydrogens (tertiary/aromatic N) is 8. The van der Waals surface area contributed by atoms with Crippen molar-refractivity contribution in [2.45, 2.75) is 0 Å². The summed E-state index contributed by atoms with van der Waals surface area (Å²) in [7, 11) is 3.81. The molecule has 0 aliphatic heterocycles. The molecule has 0 atom stereocenters. The topological polar surface area (TPSA) is 94.5 Å². The fourth-order valence-electron chi connectivity index (χ4n) is 3.13. The first-order valence-electron chi connectivity index (χ1n) is 8.07. The summed E-state index contributed by atoms with van der Waals surface area (Å²) >= 11 is 0. The van der Waals surface area contributed by atoms with Crippen molar-refractivity contribution >= 4 is 5.65 Å². The number of aromatic nitrogens is 9. The smallest absolute Gasteiger partial charge is 0.167 e. The van der Waals surface area contributed by atoms with Gasteiger partial charge in [0, 0.05) is 32.7 Å². The zero-order valence-corrected chi connectivity index (χ0v) is 14.2. The summed E-state index contributed by atoms with van der Waals surface area (Å²) in [5.74, 6) is 0. The van der Waals surface area contributed by atoms with Gasteiger partial charge in [0.1, 0.15) is 12.0 Å². The zero-order valence-electron chi connectivity index (χ0n) is 14.2. The minimum atomic E-state index is 0.740. The molecule has 5 heterocycles. The predicted octanol–water partition coefficient (Wildman–Crippen LogP) is 1.92. The highest BCUT2D eigenvalue weighted by Crippen LogP contribution is 2.29. The van der Waals surface area contributed by atoms with Crippen LogP contribution in [0.1, 0.15) is 0 Å². The number of hydrogen-bond donors (Lipinski definition) is 1. The van der Waals surface area contributed by atoms with Gasteiger partial charge >= 0.3 is 0 Å². The minimum absolute atomic E-state index is 0.740. The summed E-state index contributed by atoms with van der Waals surface area (Å²) in [6, 6.07) is 7.82. The van der Waals surface area contributed by atoms with Crippen LogP contribution in [-0.4, -0.2) is 44.1 Å². The number of hydrogen-bond acceptors (Lipinski definition) is 5. The Morgan fingerprint density at radius 3 is 2.31 bits per heavy atom. The van der Waals surface area contributed by atoms with Crippen LogP contribution in [0, 0.1) is 0 Å². The molecule has 1 N–H and O–H groups in total. The summed E-state index contributed by atoms with van der Waals surface area (Å²) in [5, 5.41) is 15.5. The van der Waals surface area contributed by atoms with Gasteiger partial charge in [-0.25, -0.2) is 9.97 Å². The van der Waals surface area contributed by atoms with Gasteiger partial charge in [-0.05, 0) is 24.3 Å². The third-order valence-electron chi connectivity index (χ3n) is 4.42. The molecule has 128 valence electrons. The van der Waals surface area contributed by atoms with Gasteiger partial charge in [-0.15, -0.1) is 0 Å². The fraction of sp³-hybridized carbons (Fsp3) is 0.118. The highest BCUT2D eigenvalue weighted by atomic mass is 15.3. The first-order valence-corrected chi connectivity index (χ1v) is 8.07. The van der Waals surface area contributed by atoms with Crippen molar-refractivity contribution in [1.82, 2.24) is 44.1 Å². The summed E-state index contributed by atoms with van der Waals surface area (Å²) in [4.78, 5) is 9.42. The summed E-state index contributed by atoms with van der Waals surface area (Å²) < 4.78 is 5.60. The molecule has 0 fully saturated rings. The van der Waals surface area contributed by atoms with Crippen LogP contribution in [0.4, 0.5) is 0 Å². The highest BCUT2D eigenvalue weighted by molar-refractivity contribution is 5.77. The third-order valence-corrected chi connectivity index (χ3v) is 4.42. The van der Waals surface area contributed by atoms with Gasteiger partial charge in [-0.2, -0.15) is 15.3 Å². The number of rotatable bonds is 3. The lowest BCUT2D eigenvalue weighted by atomic mass is 10.2.